The van der Waals surface area contributed by atoms with E-state index in [0.717, 1.165) is 27.9 Å². The SMILES string of the molecule is c1ccc(-c2ccc(-c3nc4ccccc4c4c3ccc3ccccc34)nc2)cc1. The van der Waals surface area contributed by atoms with E-state index in [1.54, 1.807) is 0 Å². The first kappa shape index (κ1) is 16.9. The summed E-state index contributed by atoms with van der Waals surface area (Å²) in [5, 5.41) is 6.03. The summed E-state index contributed by atoms with van der Waals surface area (Å²) in [6, 6.07) is 35.8. The molecule has 30 heavy (non-hydrogen) atoms. The summed E-state index contributed by atoms with van der Waals surface area (Å²) < 4.78 is 0. The van der Waals surface area contributed by atoms with Crippen LogP contribution in [0.15, 0.2) is 109 Å². The van der Waals surface area contributed by atoms with Crippen molar-refractivity contribution in [3.05, 3.63) is 109 Å². The highest BCUT2D eigenvalue weighted by molar-refractivity contribution is 6.22. The molecular formula is C28H18N2. The molecule has 0 aliphatic rings. The Kier molecular flexibility index (Phi) is 3.82. The zero-order valence-corrected chi connectivity index (χ0v) is 16.3. The zero-order valence-electron chi connectivity index (χ0n) is 16.3. The van der Waals surface area contributed by atoms with Gasteiger partial charge in [0, 0.05) is 27.9 Å². The molecule has 0 unspecified atom stereocenters. The number of hydrogen-bond acceptors (Lipinski definition) is 2. The van der Waals surface area contributed by atoms with Crippen LogP contribution in [-0.4, -0.2) is 9.97 Å². The van der Waals surface area contributed by atoms with Gasteiger partial charge in [0.2, 0.25) is 0 Å². The summed E-state index contributed by atoms with van der Waals surface area (Å²) in [6.07, 6.45) is 1.94. The van der Waals surface area contributed by atoms with E-state index >= 15 is 0 Å². The molecule has 0 spiro atoms. The molecule has 0 saturated heterocycles. The van der Waals surface area contributed by atoms with Gasteiger partial charge in [0.05, 0.1) is 16.9 Å². The highest BCUT2D eigenvalue weighted by Crippen LogP contribution is 2.36. The summed E-state index contributed by atoms with van der Waals surface area (Å²) in [6.45, 7) is 0. The first-order valence-corrected chi connectivity index (χ1v) is 10.1. The smallest absolute Gasteiger partial charge is 0.0972 e. The molecule has 0 N–H and O–H groups in total. The molecule has 0 bridgehead atoms. The molecule has 0 fully saturated rings. The molecule has 6 aromatic rings. The third-order valence-corrected chi connectivity index (χ3v) is 5.70. The Bertz CT molecular complexity index is 1500. The molecule has 140 valence electrons. The minimum absolute atomic E-state index is 0.890. The Morgan fingerprint density at radius 3 is 2.10 bits per heavy atom. The molecule has 0 aliphatic carbocycles. The molecule has 0 radical (unpaired) electrons. The molecule has 0 atom stereocenters. The Hall–Kier alpha value is -4.04. The maximum Gasteiger partial charge on any atom is 0.0972 e. The van der Waals surface area contributed by atoms with Gasteiger partial charge in [-0.3, -0.25) is 4.98 Å². The van der Waals surface area contributed by atoms with Crippen LogP contribution in [0.1, 0.15) is 0 Å². The fraction of sp³-hybridized carbons (Fsp3) is 0. The molecule has 0 saturated carbocycles. The van der Waals surface area contributed by atoms with E-state index in [9.17, 15) is 0 Å². The summed E-state index contributed by atoms with van der Waals surface area (Å²) in [7, 11) is 0. The zero-order chi connectivity index (χ0) is 19.9. The molecule has 2 heterocycles. The summed E-state index contributed by atoms with van der Waals surface area (Å²) in [5.41, 5.74) is 5.08. The van der Waals surface area contributed by atoms with Gasteiger partial charge in [-0.25, -0.2) is 4.98 Å². The molecule has 0 aliphatic heterocycles. The van der Waals surface area contributed by atoms with Gasteiger partial charge in [-0.15, -0.1) is 0 Å². The molecule has 2 nitrogen and oxygen atoms in total. The van der Waals surface area contributed by atoms with Crippen molar-refractivity contribution in [1.29, 1.82) is 0 Å². The fourth-order valence-corrected chi connectivity index (χ4v) is 4.25. The van der Waals surface area contributed by atoms with Crippen LogP contribution in [0.4, 0.5) is 0 Å². The Morgan fingerprint density at radius 1 is 0.500 bits per heavy atom. The first-order chi connectivity index (χ1) is 14.9. The Balaban J connectivity index is 1.64. The van der Waals surface area contributed by atoms with Gasteiger partial charge < -0.3 is 0 Å². The number of aromatic nitrogens is 2. The lowest BCUT2D eigenvalue weighted by Gasteiger charge is -2.12. The van der Waals surface area contributed by atoms with Crippen LogP contribution in [0.25, 0.3) is 55.0 Å². The second-order valence-corrected chi connectivity index (χ2v) is 7.48. The monoisotopic (exact) mass is 382 g/mol. The van der Waals surface area contributed by atoms with Gasteiger partial charge in [-0.1, -0.05) is 91.0 Å². The van der Waals surface area contributed by atoms with Crippen LogP contribution in [-0.2, 0) is 0 Å². The minimum atomic E-state index is 0.890. The first-order valence-electron chi connectivity index (χ1n) is 10.1. The predicted octanol–water partition coefficient (Wildman–Crippen LogP) is 7.27. The van der Waals surface area contributed by atoms with Crippen LogP contribution in [0, 0.1) is 0 Å². The number of pyridine rings is 2. The topological polar surface area (TPSA) is 25.8 Å². The van der Waals surface area contributed by atoms with Crippen molar-refractivity contribution in [2.75, 3.05) is 0 Å². The van der Waals surface area contributed by atoms with Crippen molar-refractivity contribution in [2.24, 2.45) is 0 Å². The number of fused-ring (bicyclic) bond motifs is 5. The average Bonchev–Trinajstić information content (AvgIpc) is 2.84. The van der Waals surface area contributed by atoms with E-state index in [0.29, 0.717) is 0 Å². The van der Waals surface area contributed by atoms with E-state index < -0.39 is 0 Å². The van der Waals surface area contributed by atoms with Gasteiger partial charge in [-0.2, -0.15) is 0 Å². The number of benzene rings is 4. The van der Waals surface area contributed by atoms with Crippen LogP contribution in [0.3, 0.4) is 0 Å². The van der Waals surface area contributed by atoms with Crippen molar-refractivity contribution in [1.82, 2.24) is 9.97 Å². The van der Waals surface area contributed by atoms with Crippen LogP contribution < -0.4 is 0 Å². The van der Waals surface area contributed by atoms with Crippen LogP contribution in [0.5, 0.6) is 0 Å². The summed E-state index contributed by atoms with van der Waals surface area (Å²) >= 11 is 0. The highest BCUT2D eigenvalue weighted by Gasteiger charge is 2.13. The van der Waals surface area contributed by atoms with E-state index in [4.69, 9.17) is 9.97 Å². The third-order valence-electron chi connectivity index (χ3n) is 5.70. The molecular weight excluding hydrogens is 364 g/mol. The Morgan fingerprint density at radius 2 is 1.27 bits per heavy atom. The van der Waals surface area contributed by atoms with Gasteiger partial charge >= 0.3 is 0 Å². The van der Waals surface area contributed by atoms with Crippen molar-refractivity contribution in [3.8, 4) is 22.5 Å². The van der Waals surface area contributed by atoms with E-state index in [-0.39, 0.29) is 0 Å². The van der Waals surface area contributed by atoms with Gasteiger partial charge in [0.1, 0.15) is 0 Å². The maximum atomic E-state index is 5.02. The van der Waals surface area contributed by atoms with E-state index in [2.05, 4.69) is 78.9 Å². The number of rotatable bonds is 2. The maximum absolute atomic E-state index is 5.02. The van der Waals surface area contributed by atoms with Crippen molar-refractivity contribution in [2.45, 2.75) is 0 Å². The number of nitrogens with zero attached hydrogens (tertiary/aromatic N) is 2. The second-order valence-electron chi connectivity index (χ2n) is 7.48. The molecule has 0 amide bonds. The van der Waals surface area contributed by atoms with Crippen molar-refractivity contribution >= 4 is 32.4 Å². The Labute approximate surface area is 174 Å². The lowest BCUT2D eigenvalue weighted by molar-refractivity contribution is 1.29. The number of para-hydroxylation sites is 1. The molecule has 2 aromatic heterocycles. The van der Waals surface area contributed by atoms with Crippen molar-refractivity contribution < 1.29 is 0 Å². The minimum Gasteiger partial charge on any atom is -0.254 e. The highest BCUT2D eigenvalue weighted by atomic mass is 14.8. The fourth-order valence-electron chi connectivity index (χ4n) is 4.25. The second kappa shape index (κ2) is 6.78. The molecule has 6 rings (SSSR count). The van der Waals surface area contributed by atoms with Gasteiger partial charge in [0.15, 0.2) is 0 Å². The number of hydrogen-bond donors (Lipinski definition) is 0. The largest absolute Gasteiger partial charge is 0.254 e. The summed E-state index contributed by atoms with van der Waals surface area (Å²) in [4.78, 5) is 9.82. The van der Waals surface area contributed by atoms with E-state index in [1.165, 1.54) is 27.1 Å². The molecule has 2 heteroatoms. The van der Waals surface area contributed by atoms with Crippen LogP contribution >= 0.6 is 0 Å². The predicted molar refractivity (Wildman–Crippen MR) is 125 cm³/mol. The lowest BCUT2D eigenvalue weighted by Crippen LogP contribution is -1.93. The van der Waals surface area contributed by atoms with Crippen LogP contribution in [0.2, 0.25) is 0 Å². The van der Waals surface area contributed by atoms with E-state index in [1.807, 2.05) is 30.5 Å². The van der Waals surface area contributed by atoms with Gasteiger partial charge in [0.25, 0.3) is 0 Å². The van der Waals surface area contributed by atoms with Crippen molar-refractivity contribution in [3.63, 3.8) is 0 Å². The quantitative estimate of drug-likeness (QED) is 0.294. The standard InChI is InChI=1S/C28H18N2/c1-2-8-19(9-3-1)21-15-17-26(29-18-21)28-24-16-14-20-10-4-5-11-22(20)27(24)23-12-6-7-13-25(23)30-28/h1-18H. The molecule has 4 aromatic carbocycles. The normalized spacial score (nSPS) is 11.3. The third kappa shape index (κ3) is 2.66. The average molecular weight is 382 g/mol. The summed E-state index contributed by atoms with van der Waals surface area (Å²) in [5.74, 6) is 0. The van der Waals surface area contributed by atoms with Gasteiger partial charge in [-0.05, 0) is 28.5 Å². The lowest BCUT2D eigenvalue weighted by atomic mass is 9.96.